The molecule has 1 aliphatic carbocycles. The first kappa shape index (κ1) is 14.4. The molecule has 2 fully saturated rings. The highest BCUT2D eigenvalue weighted by molar-refractivity contribution is 5.79. The van der Waals surface area contributed by atoms with E-state index in [1.54, 1.807) is 6.92 Å². The first-order chi connectivity index (χ1) is 10.1. The SMILES string of the molecule is Cc1[nH][nH]c(=O)c1CC(=O)N[C@@H]1COC2(CCCCC2)C1. The molecule has 1 aliphatic heterocycles. The van der Waals surface area contributed by atoms with E-state index < -0.39 is 0 Å². The Labute approximate surface area is 123 Å². The Kier molecular flexibility index (Phi) is 3.89. The molecule has 2 aliphatic rings. The lowest BCUT2D eigenvalue weighted by molar-refractivity contribution is -0.121. The summed E-state index contributed by atoms with van der Waals surface area (Å²) in [5.41, 5.74) is 1.02. The van der Waals surface area contributed by atoms with Gasteiger partial charge in [-0.1, -0.05) is 19.3 Å². The molecule has 1 saturated carbocycles. The van der Waals surface area contributed by atoms with Gasteiger partial charge >= 0.3 is 0 Å². The highest BCUT2D eigenvalue weighted by Gasteiger charge is 2.41. The minimum Gasteiger partial charge on any atom is -0.373 e. The van der Waals surface area contributed by atoms with Crippen molar-refractivity contribution in [2.45, 2.75) is 63.5 Å². The molecule has 21 heavy (non-hydrogen) atoms. The van der Waals surface area contributed by atoms with Gasteiger partial charge in [-0.2, -0.15) is 0 Å². The standard InChI is InChI=1S/C15H23N3O3/c1-10-12(14(20)18-17-10)7-13(19)16-11-8-15(21-9-11)5-3-2-4-6-15/h11H,2-9H2,1H3,(H,16,19)(H2,17,18,20)/t11-/m0/s1. The summed E-state index contributed by atoms with van der Waals surface area (Å²) in [6.45, 7) is 2.38. The Balaban J connectivity index is 1.55. The zero-order valence-electron chi connectivity index (χ0n) is 12.5. The van der Waals surface area contributed by atoms with Crippen LogP contribution in [0.1, 0.15) is 49.8 Å². The number of ether oxygens (including phenoxy) is 1. The summed E-state index contributed by atoms with van der Waals surface area (Å²) in [7, 11) is 0. The van der Waals surface area contributed by atoms with Gasteiger partial charge in [0, 0.05) is 11.3 Å². The molecule has 2 heterocycles. The van der Waals surface area contributed by atoms with Crippen LogP contribution in [0.5, 0.6) is 0 Å². The molecule has 3 rings (SSSR count). The third-order valence-corrected chi connectivity index (χ3v) is 4.77. The highest BCUT2D eigenvalue weighted by Crippen LogP contribution is 2.39. The first-order valence-corrected chi connectivity index (χ1v) is 7.77. The van der Waals surface area contributed by atoms with E-state index in [2.05, 4.69) is 15.5 Å². The van der Waals surface area contributed by atoms with Crippen molar-refractivity contribution in [2.24, 2.45) is 0 Å². The number of hydrogen-bond donors (Lipinski definition) is 3. The Morgan fingerprint density at radius 2 is 2.10 bits per heavy atom. The number of aromatic amines is 2. The fourth-order valence-electron chi connectivity index (χ4n) is 3.61. The van der Waals surface area contributed by atoms with Crippen molar-refractivity contribution >= 4 is 5.91 Å². The average molecular weight is 293 g/mol. The summed E-state index contributed by atoms with van der Waals surface area (Å²) >= 11 is 0. The second-order valence-corrected chi connectivity index (χ2v) is 6.38. The molecule has 3 N–H and O–H groups in total. The van der Waals surface area contributed by atoms with Gasteiger partial charge in [0.2, 0.25) is 5.91 Å². The molecule has 0 bridgehead atoms. The molecule has 6 nitrogen and oxygen atoms in total. The molecule has 0 radical (unpaired) electrons. The van der Waals surface area contributed by atoms with Crippen molar-refractivity contribution in [3.05, 3.63) is 21.6 Å². The number of aromatic nitrogens is 2. The number of aryl methyl sites for hydroxylation is 1. The van der Waals surface area contributed by atoms with Crippen molar-refractivity contribution in [3.63, 3.8) is 0 Å². The summed E-state index contributed by atoms with van der Waals surface area (Å²) in [6, 6.07) is 0.0777. The average Bonchev–Trinajstić information content (AvgIpc) is 2.98. The minimum absolute atomic E-state index is 0.00231. The predicted octanol–water partition coefficient (Wildman–Crippen LogP) is 1.16. The number of hydrogen-bond acceptors (Lipinski definition) is 3. The van der Waals surface area contributed by atoms with E-state index in [4.69, 9.17) is 4.74 Å². The van der Waals surface area contributed by atoms with Crippen LogP contribution in [0.25, 0.3) is 0 Å². The molecule has 116 valence electrons. The third-order valence-electron chi connectivity index (χ3n) is 4.77. The fraction of sp³-hybridized carbons (Fsp3) is 0.733. The summed E-state index contributed by atoms with van der Waals surface area (Å²) in [6.07, 6.45) is 6.97. The number of nitrogens with one attached hydrogen (secondary N) is 3. The summed E-state index contributed by atoms with van der Waals surface area (Å²) in [5.74, 6) is -0.107. The zero-order chi connectivity index (χ0) is 14.9. The molecule has 0 unspecified atom stereocenters. The topological polar surface area (TPSA) is 87.0 Å². The Morgan fingerprint density at radius 3 is 2.76 bits per heavy atom. The van der Waals surface area contributed by atoms with E-state index in [1.807, 2.05) is 0 Å². The smallest absolute Gasteiger partial charge is 0.267 e. The Morgan fingerprint density at radius 1 is 1.33 bits per heavy atom. The maximum absolute atomic E-state index is 12.1. The lowest BCUT2D eigenvalue weighted by Crippen LogP contribution is -2.38. The van der Waals surface area contributed by atoms with Gasteiger partial charge in [0.15, 0.2) is 0 Å². The number of H-pyrrole nitrogens is 2. The molecule has 0 aromatic carbocycles. The van der Waals surface area contributed by atoms with Crippen LogP contribution < -0.4 is 10.9 Å². The summed E-state index contributed by atoms with van der Waals surface area (Å²) in [5, 5.41) is 8.25. The lowest BCUT2D eigenvalue weighted by atomic mass is 9.82. The Bertz CT molecular complexity index is 569. The first-order valence-electron chi connectivity index (χ1n) is 7.77. The van der Waals surface area contributed by atoms with Crippen LogP contribution in [0.15, 0.2) is 4.79 Å². The van der Waals surface area contributed by atoms with Gasteiger partial charge in [-0.05, 0) is 26.2 Å². The summed E-state index contributed by atoms with van der Waals surface area (Å²) in [4.78, 5) is 23.7. The molecule has 6 heteroatoms. The van der Waals surface area contributed by atoms with E-state index in [0.717, 1.165) is 25.0 Å². The quantitative estimate of drug-likeness (QED) is 0.781. The van der Waals surface area contributed by atoms with Gasteiger partial charge in [0.25, 0.3) is 5.56 Å². The van der Waals surface area contributed by atoms with Gasteiger partial charge in [-0.15, -0.1) is 0 Å². The van der Waals surface area contributed by atoms with E-state index in [-0.39, 0.29) is 29.5 Å². The van der Waals surface area contributed by atoms with Gasteiger partial charge in [0.1, 0.15) is 0 Å². The van der Waals surface area contributed by atoms with E-state index in [0.29, 0.717) is 12.2 Å². The van der Waals surface area contributed by atoms with Gasteiger partial charge in [0.05, 0.1) is 24.7 Å². The normalized spacial score (nSPS) is 24.3. The molecule has 1 saturated heterocycles. The van der Waals surface area contributed by atoms with E-state index in [9.17, 15) is 9.59 Å². The molecule has 1 atom stereocenters. The van der Waals surface area contributed by atoms with Crippen LogP contribution in [0, 0.1) is 6.92 Å². The van der Waals surface area contributed by atoms with E-state index >= 15 is 0 Å². The molecule has 1 spiro atoms. The number of carbonyl (C=O) groups excluding carboxylic acids is 1. The molecule has 1 aromatic heterocycles. The largest absolute Gasteiger partial charge is 0.373 e. The van der Waals surface area contributed by atoms with Gasteiger partial charge in [-0.25, -0.2) is 0 Å². The van der Waals surface area contributed by atoms with Crippen molar-refractivity contribution in [1.82, 2.24) is 15.5 Å². The van der Waals surface area contributed by atoms with Crippen LogP contribution >= 0.6 is 0 Å². The number of amides is 1. The fourth-order valence-corrected chi connectivity index (χ4v) is 3.61. The van der Waals surface area contributed by atoms with Crippen molar-refractivity contribution in [1.29, 1.82) is 0 Å². The van der Waals surface area contributed by atoms with Crippen molar-refractivity contribution in [2.75, 3.05) is 6.61 Å². The molecular formula is C15H23N3O3. The van der Waals surface area contributed by atoms with Crippen molar-refractivity contribution < 1.29 is 9.53 Å². The van der Waals surface area contributed by atoms with Gasteiger partial charge in [-0.3, -0.25) is 14.7 Å². The van der Waals surface area contributed by atoms with Crippen LogP contribution in [0.3, 0.4) is 0 Å². The van der Waals surface area contributed by atoms with Gasteiger partial charge < -0.3 is 15.2 Å². The second-order valence-electron chi connectivity index (χ2n) is 6.38. The van der Waals surface area contributed by atoms with E-state index in [1.165, 1.54) is 19.3 Å². The predicted molar refractivity (Wildman–Crippen MR) is 78.2 cm³/mol. The third kappa shape index (κ3) is 3.05. The van der Waals surface area contributed by atoms with Crippen LogP contribution in [0.2, 0.25) is 0 Å². The Hall–Kier alpha value is -1.56. The molecule has 1 amide bonds. The number of carbonyl (C=O) groups is 1. The molecular weight excluding hydrogens is 270 g/mol. The summed E-state index contributed by atoms with van der Waals surface area (Å²) < 4.78 is 5.99. The van der Waals surface area contributed by atoms with Crippen molar-refractivity contribution in [3.8, 4) is 0 Å². The lowest BCUT2D eigenvalue weighted by Gasteiger charge is -2.32. The van der Waals surface area contributed by atoms with Crippen LogP contribution in [0.4, 0.5) is 0 Å². The maximum Gasteiger partial charge on any atom is 0.267 e. The van der Waals surface area contributed by atoms with Crippen LogP contribution in [-0.2, 0) is 16.0 Å². The zero-order valence-corrected chi connectivity index (χ0v) is 12.5. The van der Waals surface area contributed by atoms with Crippen LogP contribution in [-0.4, -0.2) is 34.4 Å². The second kappa shape index (κ2) is 5.67. The maximum atomic E-state index is 12.1. The highest BCUT2D eigenvalue weighted by atomic mass is 16.5. The molecule has 1 aromatic rings. The monoisotopic (exact) mass is 293 g/mol. The number of rotatable bonds is 3. The minimum atomic E-state index is -0.214.